The van der Waals surface area contributed by atoms with Gasteiger partial charge >= 0.3 is 6.18 Å². The number of nitrogens with one attached hydrogen (secondary N) is 1. The number of nitrogens with zero attached hydrogens (tertiary/aromatic N) is 1. The monoisotopic (exact) mass is 332 g/mol. The van der Waals surface area contributed by atoms with Gasteiger partial charge in [-0.2, -0.15) is 13.2 Å². The molecule has 1 N–H and O–H groups in total. The molecule has 0 aliphatic heterocycles. The summed E-state index contributed by atoms with van der Waals surface area (Å²) < 4.78 is 41.0. The van der Waals surface area contributed by atoms with E-state index in [1.165, 1.54) is 0 Å². The number of carbonyl (C=O) groups excluding carboxylic acids is 1. The maximum atomic E-state index is 12.2. The van der Waals surface area contributed by atoms with E-state index in [1.54, 1.807) is 0 Å². The zero-order valence-electron chi connectivity index (χ0n) is 12.1. The number of alkyl halides is 3. The van der Waals surface area contributed by atoms with Gasteiger partial charge in [-0.05, 0) is 30.9 Å². The summed E-state index contributed by atoms with van der Waals surface area (Å²) in [5.74, 6) is -0.592. The van der Waals surface area contributed by atoms with E-state index >= 15 is 0 Å². The van der Waals surface area contributed by atoms with Crippen molar-refractivity contribution < 1.29 is 27.6 Å². The van der Waals surface area contributed by atoms with E-state index in [9.17, 15) is 28.1 Å². The number of nitro benzene ring substituents is 1. The molecule has 2 rings (SSSR count). The van der Waals surface area contributed by atoms with Crippen LogP contribution in [0.25, 0.3) is 0 Å². The zero-order valence-corrected chi connectivity index (χ0v) is 12.1. The van der Waals surface area contributed by atoms with Gasteiger partial charge in [-0.1, -0.05) is 6.42 Å². The van der Waals surface area contributed by atoms with Crippen molar-refractivity contribution in [3.05, 3.63) is 33.9 Å². The summed E-state index contributed by atoms with van der Waals surface area (Å²) in [4.78, 5) is 22.3. The summed E-state index contributed by atoms with van der Waals surface area (Å²) in [6.45, 7) is -1.14. The molecule has 0 saturated heterocycles. The molecule has 1 aliphatic rings. The second-order valence-electron chi connectivity index (χ2n) is 5.35. The van der Waals surface area contributed by atoms with E-state index < -0.39 is 29.3 Å². The van der Waals surface area contributed by atoms with E-state index in [4.69, 9.17) is 0 Å². The fourth-order valence-corrected chi connectivity index (χ4v) is 2.14. The molecule has 0 heterocycles. The fourth-order valence-electron chi connectivity index (χ4n) is 2.14. The predicted octanol–water partition coefficient (Wildman–Crippen LogP) is 3.07. The number of hydrogen-bond acceptors (Lipinski definition) is 4. The Bertz CT molecular complexity index is 600. The number of carbonyl (C=O) groups is 1. The summed E-state index contributed by atoms with van der Waals surface area (Å²) in [7, 11) is 0. The highest BCUT2D eigenvalue weighted by Crippen LogP contribution is 2.27. The molecule has 1 amide bonds. The van der Waals surface area contributed by atoms with Gasteiger partial charge in [-0.15, -0.1) is 0 Å². The highest BCUT2D eigenvalue weighted by atomic mass is 19.4. The first-order chi connectivity index (χ1) is 10.8. The van der Waals surface area contributed by atoms with Gasteiger partial charge in [0.1, 0.15) is 11.3 Å². The van der Waals surface area contributed by atoms with Gasteiger partial charge in [0.15, 0.2) is 6.61 Å². The summed E-state index contributed by atoms with van der Waals surface area (Å²) in [5.41, 5.74) is -0.788. The van der Waals surface area contributed by atoms with E-state index in [0.717, 1.165) is 37.5 Å². The van der Waals surface area contributed by atoms with E-state index in [-0.39, 0.29) is 11.3 Å². The third kappa shape index (κ3) is 4.83. The highest BCUT2D eigenvalue weighted by Gasteiger charge is 2.29. The third-order valence-corrected chi connectivity index (χ3v) is 3.59. The summed E-state index contributed by atoms with van der Waals surface area (Å²) in [5, 5.41) is 13.5. The Morgan fingerprint density at radius 3 is 2.61 bits per heavy atom. The van der Waals surface area contributed by atoms with Crippen LogP contribution in [0.3, 0.4) is 0 Å². The Hall–Kier alpha value is -2.32. The smallest absolute Gasteiger partial charge is 0.422 e. The zero-order chi connectivity index (χ0) is 17.0. The maximum Gasteiger partial charge on any atom is 0.422 e. The molecule has 0 radical (unpaired) electrons. The molecule has 1 fully saturated rings. The minimum absolute atomic E-state index is 0.248. The standard InChI is InChI=1S/C14H15F3N2O4/c15-14(16,17)8-23-10-4-5-12(19(21)22)11(6-10)13(20)18-7-9-2-1-3-9/h4-6,9H,1-3,7-8H2,(H,18,20). The molecule has 9 heteroatoms. The summed E-state index contributed by atoms with van der Waals surface area (Å²) in [6.07, 6.45) is -1.48. The van der Waals surface area contributed by atoms with Gasteiger partial charge in [-0.25, -0.2) is 0 Å². The van der Waals surface area contributed by atoms with Crippen LogP contribution in [0.4, 0.5) is 18.9 Å². The largest absolute Gasteiger partial charge is 0.484 e. The number of ether oxygens (including phenoxy) is 1. The number of amides is 1. The molecular weight excluding hydrogens is 317 g/mol. The SMILES string of the molecule is O=C(NCC1CCC1)c1cc(OCC(F)(F)F)ccc1[N+](=O)[O-]. The highest BCUT2D eigenvalue weighted by molar-refractivity contribution is 5.98. The lowest BCUT2D eigenvalue weighted by Gasteiger charge is -2.25. The van der Waals surface area contributed by atoms with Gasteiger partial charge < -0.3 is 10.1 Å². The minimum Gasteiger partial charge on any atom is -0.484 e. The molecule has 0 spiro atoms. The first-order valence-electron chi connectivity index (χ1n) is 7.02. The number of benzene rings is 1. The van der Waals surface area contributed by atoms with Crippen molar-refractivity contribution >= 4 is 11.6 Å². The van der Waals surface area contributed by atoms with Gasteiger partial charge in [-0.3, -0.25) is 14.9 Å². The van der Waals surface area contributed by atoms with E-state index in [2.05, 4.69) is 10.1 Å². The molecule has 126 valence electrons. The van der Waals surface area contributed by atoms with Crippen molar-refractivity contribution in [3.63, 3.8) is 0 Å². The first kappa shape index (κ1) is 17.0. The Morgan fingerprint density at radius 2 is 2.09 bits per heavy atom. The molecule has 0 bridgehead atoms. The van der Waals surface area contributed by atoms with Gasteiger partial charge in [0, 0.05) is 12.6 Å². The third-order valence-electron chi connectivity index (χ3n) is 3.59. The van der Waals surface area contributed by atoms with Crippen molar-refractivity contribution in [2.24, 2.45) is 5.92 Å². The number of halogens is 3. The number of nitro groups is 1. The maximum absolute atomic E-state index is 12.2. The second-order valence-corrected chi connectivity index (χ2v) is 5.35. The van der Waals surface area contributed by atoms with Gasteiger partial charge in [0.2, 0.25) is 0 Å². The molecule has 1 saturated carbocycles. The lowest BCUT2D eigenvalue weighted by atomic mass is 9.85. The Labute approximate surface area is 129 Å². The number of rotatable bonds is 6. The molecule has 1 aromatic carbocycles. The number of hydrogen-bond donors (Lipinski definition) is 1. The van der Waals surface area contributed by atoms with E-state index in [1.807, 2.05) is 0 Å². The molecular formula is C14H15F3N2O4. The summed E-state index contributed by atoms with van der Waals surface area (Å²) in [6, 6.07) is 2.95. The fraction of sp³-hybridized carbons (Fsp3) is 0.500. The van der Waals surface area contributed by atoms with Crippen LogP contribution < -0.4 is 10.1 Å². The Kier molecular flexibility index (Phi) is 5.07. The van der Waals surface area contributed by atoms with Crippen molar-refractivity contribution in [2.75, 3.05) is 13.2 Å². The van der Waals surface area contributed by atoms with Gasteiger partial charge in [0.05, 0.1) is 4.92 Å². The van der Waals surface area contributed by atoms with Crippen molar-refractivity contribution in [1.82, 2.24) is 5.32 Å². The Morgan fingerprint density at radius 1 is 1.39 bits per heavy atom. The van der Waals surface area contributed by atoms with Crippen LogP contribution in [0.2, 0.25) is 0 Å². The van der Waals surface area contributed by atoms with Crippen LogP contribution in [0, 0.1) is 16.0 Å². The van der Waals surface area contributed by atoms with Crippen LogP contribution in [0.5, 0.6) is 5.75 Å². The van der Waals surface area contributed by atoms with E-state index in [0.29, 0.717) is 12.5 Å². The van der Waals surface area contributed by atoms with Crippen LogP contribution in [0.1, 0.15) is 29.6 Å². The summed E-state index contributed by atoms with van der Waals surface area (Å²) >= 11 is 0. The quantitative estimate of drug-likeness (QED) is 0.641. The Balaban J connectivity index is 2.12. The average Bonchev–Trinajstić information content (AvgIpc) is 2.42. The lowest BCUT2D eigenvalue weighted by Crippen LogP contribution is -2.32. The lowest BCUT2D eigenvalue weighted by molar-refractivity contribution is -0.385. The average molecular weight is 332 g/mol. The molecule has 1 aliphatic carbocycles. The van der Waals surface area contributed by atoms with Gasteiger partial charge in [0.25, 0.3) is 11.6 Å². The van der Waals surface area contributed by atoms with Crippen LogP contribution >= 0.6 is 0 Å². The van der Waals surface area contributed by atoms with Crippen LogP contribution in [-0.2, 0) is 0 Å². The minimum atomic E-state index is -4.53. The predicted molar refractivity (Wildman–Crippen MR) is 74.3 cm³/mol. The van der Waals surface area contributed by atoms with Crippen LogP contribution in [0.15, 0.2) is 18.2 Å². The molecule has 0 atom stereocenters. The molecule has 0 aromatic heterocycles. The normalized spacial score (nSPS) is 14.9. The molecule has 1 aromatic rings. The molecule has 6 nitrogen and oxygen atoms in total. The van der Waals surface area contributed by atoms with Crippen LogP contribution in [-0.4, -0.2) is 30.2 Å². The second kappa shape index (κ2) is 6.84. The molecule has 0 unspecified atom stereocenters. The topological polar surface area (TPSA) is 81.5 Å². The van der Waals surface area contributed by atoms with Crippen molar-refractivity contribution in [2.45, 2.75) is 25.4 Å². The molecule has 23 heavy (non-hydrogen) atoms. The van der Waals surface area contributed by atoms with Crippen molar-refractivity contribution in [3.8, 4) is 5.75 Å². The van der Waals surface area contributed by atoms with Crippen molar-refractivity contribution in [1.29, 1.82) is 0 Å². The first-order valence-corrected chi connectivity index (χ1v) is 7.02.